The summed E-state index contributed by atoms with van der Waals surface area (Å²) in [5.74, 6) is 2.91. The highest BCUT2D eigenvalue weighted by Gasteiger charge is 2.14. The van der Waals surface area contributed by atoms with Crippen molar-refractivity contribution < 1.29 is 23.5 Å². The number of hydrogen-bond acceptors (Lipinski definition) is 7. The second-order valence-corrected chi connectivity index (χ2v) is 6.21. The van der Waals surface area contributed by atoms with Gasteiger partial charge < -0.3 is 23.5 Å². The monoisotopic (exact) mass is 382 g/mol. The minimum atomic E-state index is 0.151. The smallest absolute Gasteiger partial charge is 0.264 e. The van der Waals surface area contributed by atoms with Crippen LogP contribution in [0.15, 0.2) is 47.0 Å². The number of aromatic nitrogens is 2. The van der Waals surface area contributed by atoms with E-state index in [2.05, 4.69) is 10.1 Å². The van der Waals surface area contributed by atoms with E-state index >= 15 is 0 Å². The summed E-state index contributed by atoms with van der Waals surface area (Å²) in [4.78, 5) is 15.4. The topological polar surface area (TPSA) is 83.7 Å². The average molecular weight is 382 g/mol. The van der Waals surface area contributed by atoms with Gasteiger partial charge in [-0.25, -0.2) is 0 Å². The predicted molar refractivity (Wildman–Crippen MR) is 103 cm³/mol. The summed E-state index contributed by atoms with van der Waals surface area (Å²) in [7, 11) is 3.16. The molecular weight excluding hydrogens is 360 g/mol. The Labute approximate surface area is 163 Å². The number of ether oxygens (including phenoxy) is 3. The van der Waals surface area contributed by atoms with Gasteiger partial charge in [0.15, 0.2) is 6.61 Å². The van der Waals surface area contributed by atoms with Crippen LogP contribution < -0.4 is 14.2 Å². The number of methoxy groups -OCH3 is 2. The third kappa shape index (κ3) is 4.88. The Bertz CT molecular complexity index is 934. The van der Waals surface area contributed by atoms with Crippen molar-refractivity contribution in [2.45, 2.75) is 26.4 Å². The summed E-state index contributed by atoms with van der Waals surface area (Å²) >= 11 is 0. The lowest BCUT2D eigenvalue weighted by atomic mass is 10.1. The Morgan fingerprint density at radius 3 is 2.46 bits per heavy atom. The van der Waals surface area contributed by atoms with Crippen LogP contribution in [0.1, 0.15) is 24.8 Å². The van der Waals surface area contributed by atoms with Crippen molar-refractivity contribution in [2.75, 3.05) is 14.2 Å². The summed E-state index contributed by atoms with van der Waals surface area (Å²) in [5, 5.41) is 4.00. The molecule has 0 aliphatic rings. The van der Waals surface area contributed by atoms with Gasteiger partial charge in [0.25, 0.3) is 5.89 Å². The number of rotatable bonds is 9. The Morgan fingerprint density at radius 2 is 1.79 bits per heavy atom. The zero-order valence-electron chi connectivity index (χ0n) is 16.1. The van der Waals surface area contributed by atoms with Crippen molar-refractivity contribution in [1.29, 1.82) is 0 Å². The molecule has 0 aliphatic heterocycles. The maximum absolute atomic E-state index is 11.1. The third-order valence-electron chi connectivity index (χ3n) is 4.17. The summed E-state index contributed by atoms with van der Waals surface area (Å²) < 4.78 is 21.5. The summed E-state index contributed by atoms with van der Waals surface area (Å²) in [5.41, 5.74) is 1.79. The van der Waals surface area contributed by atoms with Gasteiger partial charge in [0.05, 0.1) is 19.8 Å². The number of carbonyl (C=O) groups excluding carboxylic acids is 1. The van der Waals surface area contributed by atoms with Crippen molar-refractivity contribution >= 4 is 5.78 Å². The fourth-order valence-corrected chi connectivity index (χ4v) is 2.62. The van der Waals surface area contributed by atoms with Crippen molar-refractivity contribution in [3.63, 3.8) is 0 Å². The van der Waals surface area contributed by atoms with Gasteiger partial charge in [0.2, 0.25) is 5.82 Å². The first-order valence-electron chi connectivity index (χ1n) is 8.85. The molecule has 3 aromatic rings. The van der Waals surface area contributed by atoms with Crippen molar-refractivity contribution in [2.24, 2.45) is 0 Å². The normalized spacial score (nSPS) is 10.5. The molecule has 0 N–H and O–H groups in total. The molecule has 0 saturated heterocycles. The minimum absolute atomic E-state index is 0.151. The largest absolute Gasteiger partial charge is 0.497 e. The van der Waals surface area contributed by atoms with Gasteiger partial charge in [-0.3, -0.25) is 0 Å². The Balaban J connectivity index is 1.63. The minimum Gasteiger partial charge on any atom is -0.497 e. The average Bonchev–Trinajstić information content (AvgIpc) is 3.19. The molecule has 1 aromatic heterocycles. The van der Waals surface area contributed by atoms with E-state index in [1.165, 1.54) is 0 Å². The Kier molecular flexibility index (Phi) is 6.26. The Hall–Kier alpha value is -3.35. The maximum Gasteiger partial charge on any atom is 0.264 e. The van der Waals surface area contributed by atoms with E-state index in [4.69, 9.17) is 18.7 Å². The standard InChI is InChI=1S/C21H22N2O5/c1-14(24)4-5-15-6-8-16(9-7-15)27-13-20-22-21(23-28-20)18-11-10-17(25-2)12-19(18)26-3/h6-12H,4-5,13H2,1-3H3. The van der Waals surface area contributed by atoms with Crippen molar-refractivity contribution in [1.82, 2.24) is 10.1 Å². The molecule has 3 rings (SSSR count). The lowest BCUT2D eigenvalue weighted by Gasteiger charge is -2.07. The molecular formula is C21H22N2O5. The molecule has 0 saturated carbocycles. The van der Waals surface area contributed by atoms with Crippen LogP contribution in [0.25, 0.3) is 11.4 Å². The van der Waals surface area contributed by atoms with E-state index in [1.54, 1.807) is 33.3 Å². The lowest BCUT2D eigenvalue weighted by molar-refractivity contribution is -0.116. The first-order valence-corrected chi connectivity index (χ1v) is 8.85. The highest BCUT2D eigenvalue weighted by atomic mass is 16.5. The molecule has 2 aromatic carbocycles. The molecule has 0 aliphatic carbocycles. The van der Waals surface area contributed by atoms with Gasteiger partial charge in [0, 0.05) is 12.5 Å². The highest BCUT2D eigenvalue weighted by molar-refractivity contribution is 5.75. The molecule has 0 fully saturated rings. The highest BCUT2D eigenvalue weighted by Crippen LogP contribution is 2.31. The summed E-state index contributed by atoms with van der Waals surface area (Å²) in [6.07, 6.45) is 1.27. The van der Waals surface area contributed by atoms with Gasteiger partial charge in [-0.15, -0.1) is 0 Å². The fourth-order valence-electron chi connectivity index (χ4n) is 2.62. The van der Waals surface area contributed by atoms with Crippen molar-refractivity contribution in [3.8, 4) is 28.6 Å². The van der Waals surface area contributed by atoms with E-state index in [0.717, 1.165) is 12.0 Å². The van der Waals surface area contributed by atoms with Crippen LogP contribution in [0.4, 0.5) is 0 Å². The molecule has 0 unspecified atom stereocenters. The summed E-state index contributed by atoms with van der Waals surface area (Å²) in [6, 6.07) is 13.0. The molecule has 1 heterocycles. The third-order valence-corrected chi connectivity index (χ3v) is 4.17. The van der Waals surface area contributed by atoms with E-state index in [0.29, 0.717) is 40.9 Å². The molecule has 0 bridgehead atoms. The molecule has 0 radical (unpaired) electrons. The molecule has 7 nitrogen and oxygen atoms in total. The van der Waals surface area contributed by atoms with Gasteiger partial charge in [-0.05, 0) is 43.2 Å². The zero-order chi connectivity index (χ0) is 19.9. The molecule has 0 atom stereocenters. The molecule has 146 valence electrons. The Morgan fingerprint density at radius 1 is 1.04 bits per heavy atom. The first-order chi connectivity index (χ1) is 13.6. The number of nitrogens with zero attached hydrogens (tertiary/aromatic N) is 2. The van der Waals surface area contributed by atoms with Crippen LogP contribution in [0, 0.1) is 0 Å². The van der Waals surface area contributed by atoms with Crippen molar-refractivity contribution in [3.05, 3.63) is 53.9 Å². The number of benzene rings is 2. The van der Waals surface area contributed by atoms with Crippen LogP contribution in [0.3, 0.4) is 0 Å². The number of aryl methyl sites for hydroxylation is 1. The molecule has 0 amide bonds. The maximum atomic E-state index is 11.1. The predicted octanol–water partition coefficient (Wildman–Crippen LogP) is 3.85. The molecule has 0 spiro atoms. The zero-order valence-corrected chi connectivity index (χ0v) is 16.1. The number of carbonyl (C=O) groups is 1. The second kappa shape index (κ2) is 9.03. The number of hydrogen-bond donors (Lipinski definition) is 0. The van der Waals surface area contributed by atoms with Gasteiger partial charge in [-0.2, -0.15) is 4.98 Å². The number of ketones is 1. The van der Waals surface area contributed by atoms with E-state index in [1.807, 2.05) is 30.3 Å². The van der Waals surface area contributed by atoms with Crippen LogP contribution in [0.5, 0.6) is 17.2 Å². The van der Waals surface area contributed by atoms with Gasteiger partial charge >= 0.3 is 0 Å². The fraction of sp³-hybridized carbons (Fsp3) is 0.286. The van der Waals surface area contributed by atoms with Crippen LogP contribution in [-0.4, -0.2) is 30.1 Å². The van der Waals surface area contributed by atoms with Gasteiger partial charge in [0.1, 0.15) is 23.0 Å². The van der Waals surface area contributed by atoms with E-state index in [-0.39, 0.29) is 12.4 Å². The van der Waals surface area contributed by atoms with Crippen LogP contribution in [-0.2, 0) is 17.8 Å². The van der Waals surface area contributed by atoms with E-state index < -0.39 is 0 Å². The van der Waals surface area contributed by atoms with E-state index in [9.17, 15) is 4.79 Å². The first kappa shape index (κ1) is 19.4. The SMILES string of the molecule is COc1ccc(-c2noc(COc3ccc(CCC(C)=O)cc3)n2)c(OC)c1. The summed E-state index contributed by atoms with van der Waals surface area (Å²) in [6.45, 7) is 1.75. The molecule has 28 heavy (non-hydrogen) atoms. The van der Waals surface area contributed by atoms with Gasteiger partial charge in [-0.1, -0.05) is 17.3 Å². The second-order valence-electron chi connectivity index (χ2n) is 6.21. The quantitative estimate of drug-likeness (QED) is 0.556. The number of Topliss-reactive ketones (excluding diaryl/α,β-unsaturated/α-hetero) is 1. The van der Waals surface area contributed by atoms with Crippen LogP contribution >= 0.6 is 0 Å². The lowest BCUT2D eigenvalue weighted by Crippen LogP contribution is -1.97. The van der Waals surface area contributed by atoms with Crippen LogP contribution in [0.2, 0.25) is 0 Å². The molecule has 7 heteroatoms.